The van der Waals surface area contributed by atoms with Gasteiger partial charge < -0.3 is 5.73 Å². The van der Waals surface area contributed by atoms with E-state index in [1.807, 2.05) is 12.1 Å². The predicted molar refractivity (Wildman–Crippen MR) is 48.5 cm³/mol. The molecule has 0 bridgehead atoms. The highest BCUT2D eigenvalue weighted by molar-refractivity contribution is 5.97. The zero-order valence-electron chi connectivity index (χ0n) is 7.20. The first-order chi connectivity index (χ1) is 5.62. The van der Waals surface area contributed by atoms with Gasteiger partial charge in [-0.3, -0.25) is 0 Å². The molecule has 0 atom stereocenters. The molecule has 1 aliphatic rings. The predicted octanol–water partition coefficient (Wildman–Crippen LogP) is 1.36. The van der Waals surface area contributed by atoms with Crippen molar-refractivity contribution in [3.8, 4) is 0 Å². The van der Waals surface area contributed by atoms with E-state index in [1.54, 1.807) is 6.20 Å². The third-order valence-corrected chi connectivity index (χ3v) is 2.33. The first-order valence-corrected chi connectivity index (χ1v) is 3.92. The van der Waals surface area contributed by atoms with Gasteiger partial charge in [0.1, 0.15) is 5.84 Å². The first kappa shape index (κ1) is 7.28. The van der Waals surface area contributed by atoms with Gasteiger partial charge in [0.05, 0.1) is 5.41 Å². The fraction of sp³-hybridized carbons (Fsp3) is 0.333. The van der Waals surface area contributed by atoms with E-state index in [1.165, 1.54) is 0 Å². The lowest BCUT2D eigenvalue weighted by atomic mass is 9.86. The Hall–Kier alpha value is -1.38. The molecular weight excluding hydrogens is 150 g/mol. The summed E-state index contributed by atoms with van der Waals surface area (Å²) in [5.41, 5.74) is 6.74. The van der Waals surface area contributed by atoms with E-state index in [9.17, 15) is 0 Å². The summed E-state index contributed by atoms with van der Waals surface area (Å²) in [6.45, 7) is 4.11. The van der Waals surface area contributed by atoms with Gasteiger partial charge in [0, 0.05) is 11.8 Å². The SMILES string of the molecule is CC1(C)C(N)=Nc2ncccc21. The Labute approximate surface area is 71.3 Å². The van der Waals surface area contributed by atoms with Gasteiger partial charge in [-0.2, -0.15) is 0 Å². The molecule has 0 amide bonds. The van der Waals surface area contributed by atoms with Gasteiger partial charge in [0.2, 0.25) is 0 Å². The minimum Gasteiger partial charge on any atom is -0.386 e. The molecule has 0 saturated heterocycles. The molecule has 0 saturated carbocycles. The molecule has 62 valence electrons. The second-order valence-electron chi connectivity index (χ2n) is 3.50. The number of rotatable bonds is 0. The molecule has 2 N–H and O–H groups in total. The fourth-order valence-electron chi connectivity index (χ4n) is 1.37. The Kier molecular flexibility index (Phi) is 1.25. The normalized spacial score (nSPS) is 18.7. The lowest BCUT2D eigenvalue weighted by Gasteiger charge is -2.18. The summed E-state index contributed by atoms with van der Waals surface area (Å²) in [4.78, 5) is 8.33. The van der Waals surface area contributed by atoms with E-state index in [2.05, 4.69) is 23.8 Å². The highest BCUT2D eigenvalue weighted by atomic mass is 15.0. The van der Waals surface area contributed by atoms with E-state index in [-0.39, 0.29) is 5.41 Å². The van der Waals surface area contributed by atoms with Crippen LogP contribution in [0.5, 0.6) is 0 Å². The molecule has 0 radical (unpaired) electrons. The summed E-state index contributed by atoms with van der Waals surface area (Å²) in [5, 5.41) is 0. The molecule has 2 rings (SSSR count). The molecular formula is C9H11N3. The summed E-state index contributed by atoms with van der Waals surface area (Å²) in [7, 11) is 0. The Morgan fingerprint density at radius 3 is 2.83 bits per heavy atom. The van der Waals surface area contributed by atoms with Crippen LogP contribution in [0.3, 0.4) is 0 Å². The quantitative estimate of drug-likeness (QED) is 0.624. The van der Waals surface area contributed by atoms with Crippen molar-refractivity contribution < 1.29 is 0 Å². The van der Waals surface area contributed by atoms with Crippen molar-refractivity contribution in [2.24, 2.45) is 10.7 Å². The third kappa shape index (κ3) is 0.763. The van der Waals surface area contributed by atoms with E-state index in [0.717, 1.165) is 11.4 Å². The van der Waals surface area contributed by atoms with Gasteiger partial charge in [-0.25, -0.2) is 9.98 Å². The smallest absolute Gasteiger partial charge is 0.158 e. The monoisotopic (exact) mass is 161 g/mol. The summed E-state index contributed by atoms with van der Waals surface area (Å²) in [6.07, 6.45) is 1.73. The Balaban J connectivity index is 2.66. The number of hydrogen-bond acceptors (Lipinski definition) is 3. The Bertz CT molecular complexity index is 353. The molecule has 0 aliphatic carbocycles. The topological polar surface area (TPSA) is 51.3 Å². The molecule has 2 heterocycles. The maximum absolute atomic E-state index is 5.77. The van der Waals surface area contributed by atoms with Crippen molar-refractivity contribution in [2.45, 2.75) is 19.3 Å². The minimum absolute atomic E-state index is 0.149. The lowest BCUT2D eigenvalue weighted by molar-refractivity contribution is 0.727. The average molecular weight is 161 g/mol. The number of nitrogens with zero attached hydrogens (tertiary/aromatic N) is 2. The summed E-state index contributed by atoms with van der Waals surface area (Å²) in [6, 6.07) is 3.93. The van der Waals surface area contributed by atoms with Crippen molar-refractivity contribution in [2.75, 3.05) is 0 Å². The van der Waals surface area contributed by atoms with Crippen molar-refractivity contribution >= 4 is 11.7 Å². The van der Waals surface area contributed by atoms with Crippen molar-refractivity contribution in [3.05, 3.63) is 23.9 Å². The van der Waals surface area contributed by atoms with Crippen LogP contribution in [0, 0.1) is 0 Å². The van der Waals surface area contributed by atoms with E-state index < -0.39 is 0 Å². The van der Waals surface area contributed by atoms with E-state index in [0.29, 0.717) is 5.84 Å². The van der Waals surface area contributed by atoms with Gasteiger partial charge in [-0.05, 0) is 19.9 Å². The molecule has 0 unspecified atom stereocenters. The van der Waals surface area contributed by atoms with Crippen molar-refractivity contribution in [3.63, 3.8) is 0 Å². The number of hydrogen-bond donors (Lipinski definition) is 1. The van der Waals surface area contributed by atoms with Gasteiger partial charge >= 0.3 is 0 Å². The van der Waals surface area contributed by atoms with Gasteiger partial charge in [-0.1, -0.05) is 6.07 Å². The number of fused-ring (bicyclic) bond motifs is 1. The zero-order chi connectivity index (χ0) is 8.77. The molecule has 3 heteroatoms. The lowest BCUT2D eigenvalue weighted by Crippen LogP contribution is -2.32. The standard InChI is InChI=1S/C9H11N3/c1-9(2)6-4-3-5-11-7(6)12-8(9)10/h3-5H,1-2H3,(H2,10,11,12). The van der Waals surface area contributed by atoms with Crippen molar-refractivity contribution in [1.82, 2.24) is 4.98 Å². The van der Waals surface area contributed by atoms with Crippen LogP contribution in [-0.2, 0) is 5.41 Å². The van der Waals surface area contributed by atoms with Crippen LogP contribution in [0.4, 0.5) is 5.82 Å². The number of aliphatic imine (C=N–C) groups is 1. The van der Waals surface area contributed by atoms with E-state index in [4.69, 9.17) is 5.73 Å². The van der Waals surface area contributed by atoms with Gasteiger partial charge in [0.15, 0.2) is 5.82 Å². The zero-order valence-corrected chi connectivity index (χ0v) is 7.20. The fourth-order valence-corrected chi connectivity index (χ4v) is 1.37. The second kappa shape index (κ2) is 2.06. The Morgan fingerprint density at radius 1 is 1.42 bits per heavy atom. The summed E-state index contributed by atoms with van der Waals surface area (Å²) in [5.74, 6) is 1.41. The van der Waals surface area contributed by atoms with Crippen molar-refractivity contribution in [1.29, 1.82) is 0 Å². The van der Waals surface area contributed by atoms with Crippen LogP contribution in [0.1, 0.15) is 19.4 Å². The largest absolute Gasteiger partial charge is 0.386 e. The van der Waals surface area contributed by atoms with E-state index >= 15 is 0 Å². The number of aromatic nitrogens is 1. The Morgan fingerprint density at radius 2 is 2.17 bits per heavy atom. The van der Waals surface area contributed by atoms with Crippen LogP contribution in [0.15, 0.2) is 23.3 Å². The second-order valence-corrected chi connectivity index (χ2v) is 3.50. The molecule has 1 aromatic heterocycles. The van der Waals surface area contributed by atoms with Crippen LogP contribution < -0.4 is 5.73 Å². The average Bonchev–Trinajstić information content (AvgIpc) is 2.25. The maximum Gasteiger partial charge on any atom is 0.158 e. The van der Waals surface area contributed by atoms with Crippen LogP contribution >= 0.6 is 0 Å². The molecule has 0 spiro atoms. The molecule has 0 aromatic carbocycles. The minimum atomic E-state index is -0.149. The molecule has 1 aliphatic heterocycles. The first-order valence-electron chi connectivity index (χ1n) is 3.92. The maximum atomic E-state index is 5.77. The molecule has 12 heavy (non-hydrogen) atoms. The third-order valence-electron chi connectivity index (χ3n) is 2.33. The highest BCUT2D eigenvalue weighted by Gasteiger charge is 2.33. The van der Waals surface area contributed by atoms with Gasteiger partial charge in [0.25, 0.3) is 0 Å². The molecule has 1 aromatic rings. The van der Waals surface area contributed by atoms with Crippen LogP contribution in [0.25, 0.3) is 0 Å². The number of nitrogens with two attached hydrogens (primary N) is 1. The molecule has 0 fully saturated rings. The van der Waals surface area contributed by atoms with Crippen LogP contribution in [0.2, 0.25) is 0 Å². The summed E-state index contributed by atoms with van der Waals surface area (Å²) >= 11 is 0. The molecule has 3 nitrogen and oxygen atoms in total. The van der Waals surface area contributed by atoms with Crippen LogP contribution in [-0.4, -0.2) is 10.8 Å². The number of pyridine rings is 1. The van der Waals surface area contributed by atoms with Gasteiger partial charge in [-0.15, -0.1) is 0 Å². The number of amidine groups is 1. The summed E-state index contributed by atoms with van der Waals surface area (Å²) < 4.78 is 0. The highest BCUT2D eigenvalue weighted by Crippen LogP contribution is 2.36.